The molecule has 432 valence electrons. The van der Waals surface area contributed by atoms with Gasteiger partial charge in [0.1, 0.15) is 41.9 Å². The minimum absolute atomic E-state index is 0.00825. The van der Waals surface area contributed by atoms with Crippen LogP contribution in [0.15, 0.2) is 41.0 Å². The molecular weight excluding hydrogens is 1020 g/mol. The second kappa shape index (κ2) is 33.9. The zero-order valence-electron chi connectivity index (χ0n) is 43.1. The highest BCUT2D eigenvalue weighted by atomic mass is 19.4. The summed E-state index contributed by atoms with van der Waals surface area (Å²) in [5.41, 5.74) is 36.8. The van der Waals surface area contributed by atoms with Gasteiger partial charge in [-0.05, 0) is 102 Å². The first-order valence-corrected chi connectivity index (χ1v) is 25.2. The van der Waals surface area contributed by atoms with Gasteiger partial charge in [0, 0.05) is 26.1 Å². The van der Waals surface area contributed by atoms with Crippen LogP contribution in [0.2, 0.25) is 0 Å². The van der Waals surface area contributed by atoms with Crippen molar-refractivity contribution in [3.05, 3.63) is 47.2 Å². The Morgan fingerprint density at radius 3 is 2.03 bits per heavy atom. The molecule has 0 aliphatic carbocycles. The van der Waals surface area contributed by atoms with Gasteiger partial charge in [0.2, 0.25) is 47.3 Å². The van der Waals surface area contributed by atoms with E-state index in [1.165, 1.54) is 13.0 Å². The average molecular weight is 1100 g/mol. The quantitative estimate of drug-likeness (QED) is 0.0133. The molecule has 2 rings (SSSR count). The Labute approximate surface area is 443 Å². The second-order valence-corrected chi connectivity index (χ2v) is 18.1. The van der Waals surface area contributed by atoms with Crippen molar-refractivity contribution in [1.29, 1.82) is 0 Å². The van der Waals surface area contributed by atoms with Gasteiger partial charge in [0.15, 0.2) is 5.96 Å². The largest absolute Gasteiger partial charge is 0.477 e. The molecule has 0 spiro atoms. The zero-order valence-corrected chi connectivity index (χ0v) is 43.1. The van der Waals surface area contributed by atoms with Crippen molar-refractivity contribution in [3.8, 4) is 0 Å². The molecule has 0 bridgehead atoms. The van der Waals surface area contributed by atoms with Crippen LogP contribution in [0.3, 0.4) is 0 Å². The van der Waals surface area contributed by atoms with Crippen LogP contribution in [-0.2, 0) is 55.7 Å². The third kappa shape index (κ3) is 23.0. The minimum atomic E-state index is -4.90. The summed E-state index contributed by atoms with van der Waals surface area (Å²) in [7, 11) is 0. The van der Waals surface area contributed by atoms with Crippen LogP contribution in [0.25, 0.3) is 0 Å². The number of rotatable bonds is 34. The van der Waals surface area contributed by atoms with Crippen LogP contribution in [0, 0.1) is 0 Å². The SMILES string of the molecule is C[C@H](NC(=O)[C@@H](NC(=O)[C@@H](N)CCCCN)[C@@H](O)CN)C(=O)NCC(=O)N[C@H](CCCN)C(=O)N1CCC[C@H]1C(=O)N[C@@H](Cc1ccccc1C(F)(F)F)C(=O)N[C@@H](CCCCN)C(=O)N/C(=C\CCN=C(N)N)C(=O)O. The standard InChI is InChI=1S/C47H77F3N16O11/c1-26(60-43(74)37(35(67)24-54)65-39(70)29(55)13-4-6-18-51)38(69)59-25-36(68)61-31(15-8-20-53)44(75)66-22-10-17-34(66)42(73)64-33(23-27-11-2-3-12-28(27)47(48,49)50)41(72)62-30(14-5-7-19-52)40(71)63-32(45(76)77)16-9-21-58-46(56)57/h2-3,11-12,16,26,29-31,33-35,37,67H,4-10,13-15,17-25,51-55H2,1H3,(H,59,69)(H,60,74)(H,61,68)(H,62,72)(H,63,71)(H,64,73)(H,65,70)(H,76,77)(H4,56,57,58)/b32-16-/t26-,29-,30-,31+,33-,34-,35-,37-/m0/s1. The van der Waals surface area contributed by atoms with E-state index < -0.39 is 144 Å². The maximum absolute atomic E-state index is 14.3. The Balaban J connectivity index is 2.34. The number of carboxylic acid groups (broad SMARTS) is 1. The minimum Gasteiger partial charge on any atom is -0.477 e. The van der Waals surface area contributed by atoms with E-state index in [0.29, 0.717) is 25.8 Å². The Bertz CT molecular complexity index is 2220. The van der Waals surface area contributed by atoms with Crippen LogP contribution in [0.5, 0.6) is 0 Å². The number of alkyl halides is 3. The van der Waals surface area contributed by atoms with E-state index in [1.54, 1.807) is 0 Å². The van der Waals surface area contributed by atoms with Crippen molar-refractivity contribution in [1.82, 2.24) is 42.1 Å². The summed E-state index contributed by atoms with van der Waals surface area (Å²) in [5.74, 6) is -9.24. The van der Waals surface area contributed by atoms with E-state index in [1.807, 2.05) is 0 Å². The number of aliphatic hydroxyl groups excluding tert-OH is 1. The number of benzene rings is 1. The number of nitrogens with one attached hydrogen (secondary N) is 7. The van der Waals surface area contributed by atoms with E-state index in [4.69, 9.17) is 40.1 Å². The first-order valence-electron chi connectivity index (χ1n) is 25.2. The predicted molar refractivity (Wildman–Crippen MR) is 275 cm³/mol. The molecule has 1 heterocycles. The van der Waals surface area contributed by atoms with Crippen molar-refractivity contribution >= 4 is 59.2 Å². The number of aliphatic hydroxyl groups is 1. The fourth-order valence-electron chi connectivity index (χ4n) is 7.91. The normalized spacial score (nSPS) is 16.3. The lowest BCUT2D eigenvalue weighted by atomic mass is 9.98. The summed E-state index contributed by atoms with van der Waals surface area (Å²) >= 11 is 0. The predicted octanol–water partition coefficient (Wildman–Crippen LogP) is -4.81. The summed E-state index contributed by atoms with van der Waals surface area (Å²) in [6, 6.07) is -5.69. The fourth-order valence-corrected chi connectivity index (χ4v) is 7.91. The number of guanidine groups is 1. The summed E-state index contributed by atoms with van der Waals surface area (Å²) < 4.78 is 42.8. The third-order valence-corrected chi connectivity index (χ3v) is 12.1. The number of carbonyl (C=O) groups excluding carboxylic acids is 8. The van der Waals surface area contributed by atoms with Crippen molar-refractivity contribution < 1.29 is 66.5 Å². The van der Waals surface area contributed by atoms with Gasteiger partial charge in [0.05, 0.1) is 24.3 Å². The molecule has 0 saturated carbocycles. The number of hydrogen-bond donors (Lipinski definition) is 16. The molecule has 23 N–H and O–H groups in total. The molecule has 1 aliphatic heterocycles. The summed E-state index contributed by atoms with van der Waals surface area (Å²) in [6.45, 7) is 0.612. The molecule has 0 aromatic heterocycles. The van der Waals surface area contributed by atoms with Crippen LogP contribution in [0.4, 0.5) is 13.2 Å². The molecule has 1 saturated heterocycles. The van der Waals surface area contributed by atoms with E-state index in [0.717, 1.165) is 29.2 Å². The van der Waals surface area contributed by atoms with E-state index >= 15 is 0 Å². The number of carbonyl (C=O) groups is 9. The first-order chi connectivity index (χ1) is 36.4. The highest BCUT2D eigenvalue weighted by molar-refractivity contribution is 5.99. The molecule has 8 amide bonds. The number of carboxylic acids is 1. The Morgan fingerprint density at radius 1 is 0.779 bits per heavy atom. The van der Waals surface area contributed by atoms with Gasteiger partial charge in [-0.2, -0.15) is 13.2 Å². The second-order valence-electron chi connectivity index (χ2n) is 18.1. The van der Waals surface area contributed by atoms with Gasteiger partial charge in [0.25, 0.3) is 0 Å². The molecular formula is C47H77F3N16O11. The lowest BCUT2D eigenvalue weighted by molar-refractivity contribution is -0.142. The Hall–Kier alpha value is -6.99. The number of likely N-dealkylation sites (tertiary alicyclic amines) is 1. The van der Waals surface area contributed by atoms with Crippen LogP contribution < -0.4 is 77.4 Å². The van der Waals surface area contributed by atoms with Gasteiger partial charge in [-0.3, -0.25) is 43.3 Å². The smallest absolute Gasteiger partial charge is 0.416 e. The Kier molecular flexibility index (Phi) is 29.1. The number of nitrogens with zero attached hydrogens (tertiary/aromatic N) is 2. The molecule has 1 fully saturated rings. The topological polar surface area (TPSA) is 476 Å². The number of nitrogens with two attached hydrogens (primary N) is 7. The summed E-state index contributed by atoms with van der Waals surface area (Å²) in [5, 5.41) is 36.8. The van der Waals surface area contributed by atoms with Crippen LogP contribution in [0.1, 0.15) is 88.7 Å². The monoisotopic (exact) mass is 1100 g/mol. The number of halogens is 3. The summed E-state index contributed by atoms with van der Waals surface area (Å²) in [6.07, 6.45) is -3.96. The number of aliphatic carboxylic acids is 1. The first kappa shape index (κ1) is 66.1. The molecule has 8 atom stereocenters. The number of aliphatic imine (C=N–C) groups is 1. The van der Waals surface area contributed by atoms with E-state index in [2.05, 4.69) is 42.2 Å². The van der Waals surface area contributed by atoms with Gasteiger partial charge in [-0.25, -0.2) is 4.79 Å². The number of hydrogen-bond acceptors (Lipinski definition) is 16. The molecule has 1 aliphatic rings. The number of amides is 8. The molecule has 27 nitrogen and oxygen atoms in total. The molecule has 1 aromatic rings. The summed E-state index contributed by atoms with van der Waals surface area (Å²) in [4.78, 5) is 125. The zero-order chi connectivity index (χ0) is 57.8. The van der Waals surface area contributed by atoms with E-state index in [9.17, 15) is 66.5 Å². The lowest BCUT2D eigenvalue weighted by Gasteiger charge is -2.30. The fraction of sp³-hybridized carbons (Fsp3) is 0.617. The molecule has 77 heavy (non-hydrogen) atoms. The van der Waals surface area contributed by atoms with Crippen LogP contribution in [-0.4, -0.2) is 169 Å². The molecule has 30 heteroatoms. The average Bonchev–Trinajstić information content (AvgIpc) is 3.88. The molecule has 0 unspecified atom stereocenters. The molecule has 1 aromatic carbocycles. The maximum Gasteiger partial charge on any atom is 0.416 e. The highest BCUT2D eigenvalue weighted by Gasteiger charge is 2.41. The Morgan fingerprint density at radius 2 is 1.42 bits per heavy atom. The van der Waals surface area contributed by atoms with Gasteiger partial charge >= 0.3 is 12.1 Å². The van der Waals surface area contributed by atoms with Gasteiger partial charge < -0.3 is 92.5 Å². The number of unbranched alkanes of at least 4 members (excludes halogenated alkanes) is 2. The van der Waals surface area contributed by atoms with Crippen LogP contribution >= 0.6 is 0 Å². The molecule has 0 radical (unpaired) electrons. The van der Waals surface area contributed by atoms with Gasteiger partial charge in [-0.1, -0.05) is 30.7 Å². The van der Waals surface area contributed by atoms with E-state index in [-0.39, 0.29) is 83.5 Å². The van der Waals surface area contributed by atoms with Crippen molar-refractivity contribution in [2.24, 2.45) is 45.1 Å². The maximum atomic E-state index is 14.3. The van der Waals surface area contributed by atoms with Gasteiger partial charge in [-0.15, -0.1) is 0 Å². The van der Waals surface area contributed by atoms with Crippen molar-refractivity contribution in [3.63, 3.8) is 0 Å². The van der Waals surface area contributed by atoms with Crippen molar-refractivity contribution in [2.45, 2.75) is 139 Å². The lowest BCUT2D eigenvalue weighted by Crippen LogP contribution is -2.60. The van der Waals surface area contributed by atoms with Crippen molar-refractivity contribution in [2.75, 3.05) is 45.8 Å². The highest BCUT2D eigenvalue weighted by Crippen LogP contribution is 2.32. The third-order valence-electron chi connectivity index (χ3n) is 12.1.